The Morgan fingerprint density at radius 1 is 1.00 bits per heavy atom. The summed E-state index contributed by atoms with van der Waals surface area (Å²) in [6.07, 6.45) is 0.914. The maximum absolute atomic E-state index is 13.7. The molecule has 22 heavy (non-hydrogen) atoms. The summed E-state index contributed by atoms with van der Waals surface area (Å²) in [5.74, 6) is -4.19. The highest BCUT2D eigenvalue weighted by Crippen LogP contribution is 2.18. The van der Waals surface area contributed by atoms with E-state index >= 15 is 0 Å². The molecule has 118 valence electrons. The van der Waals surface area contributed by atoms with E-state index in [2.05, 4.69) is 5.32 Å². The molecule has 8 heteroatoms. The van der Waals surface area contributed by atoms with Crippen LogP contribution in [0, 0.1) is 17.5 Å². The number of nitrogens with one attached hydrogen (secondary N) is 1. The van der Waals surface area contributed by atoms with Crippen LogP contribution in [0.15, 0.2) is 41.3 Å². The molecular weight excluding hydrogens is 319 g/mol. The molecule has 0 aliphatic heterocycles. The van der Waals surface area contributed by atoms with Gasteiger partial charge < -0.3 is 5.32 Å². The maximum Gasteiger partial charge on any atom is 0.258 e. The van der Waals surface area contributed by atoms with Crippen LogP contribution in [0.5, 0.6) is 0 Å². The number of amides is 1. The van der Waals surface area contributed by atoms with Crippen LogP contribution >= 0.6 is 0 Å². The highest BCUT2D eigenvalue weighted by Gasteiger charge is 2.17. The molecule has 0 heterocycles. The van der Waals surface area contributed by atoms with E-state index in [0.717, 1.165) is 42.7 Å². The quantitative estimate of drug-likeness (QED) is 0.880. The number of halogens is 3. The van der Waals surface area contributed by atoms with Crippen molar-refractivity contribution in [2.24, 2.45) is 0 Å². The fraction of sp³-hybridized carbons (Fsp3) is 0.0714. The van der Waals surface area contributed by atoms with Crippen LogP contribution in [-0.4, -0.2) is 20.6 Å². The topological polar surface area (TPSA) is 63.2 Å². The number of hydrogen-bond donors (Lipinski definition) is 1. The zero-order valence-electron chi connectivity index (χ0n) is 11.2. The molecule has 0 fully saturated rings. The van der Waals surface area contributed by atoms with E-state index in [1.54, 1.807) is 0 Å². The third-order valence-corrected chi connectivity index (χ3v) is 3.90. The van der Waals surface area contributed by atoms with Crippen LogP contribution < -0.4 is 5.32 Å². The van der Waals surface area contributed by atoms with E-state index in [-0.39, 0.29) is 12.0 Å². The van der Waals surface area contributed by atoms with Crippen molar-refractivity contribution in [2.75, 3.05) is 11.6 Å². The van der Waals surface area contributed by atoms with Gasteiger partial charge in [-0.15, -0.1) is 0 Å². The van der Waals surface area contributed by atoms with Crippen LogP contribution in [0.3, 0.4) is 0 Å². The van der Waals surface area contributed by atoms with Crippen LogP contribution in [0.2, 0.25) is 0 Å². The molecule has 0 saturated heterocycles. The van der Waals surface area contributed by atoms with Gasteiger partial charge in [0, 0.05) is 19.4 Å². The molecular formula is C14H12F3NO3S. The molecule has 4 nitrogen and oxygen atoms in total. The molecule has 1 amide bonds. The fourth-order valence-corrected chi connectivity index (χ4v) is 2.33. The van der Waals surface area contributed by atoms with Crippen LogP contribution in [-0.2, 0) is 9.84 Å². The van der Waals surface area contributed by atoms with Gasteiger partial charge in [0.2, 0.25) is 0 Å². The number of benzene rings is 2. The average molecular weight is 331 g/mol. The first kappa shape index (κ1) is 16.0. The minimum absolute atomic E-state index is 0. The van der Waals surface area contributed by atoms with Crippen LogP contribution in [0.25, 0.3) is 0 Å². The van der Waals surface area contributed by atoms with E-state index in [1.807, 2.05) is 0 Å². The van der Waals surface area contributed by atoms with Gasteiger partial charge in [0.1, 0.15) is 5.82 Å². The van der Waals surface area contributed by atoms with Crippen molar-refractivity contribution in [1.82, 2.24) is 0 Å². The van der Waals surface area contributed by atoms with Crippen molar-refractivity contribution in [3.63, 3.8) is 0 Å². The van der Waals surface area contributed by atoms with E-state index in [1.165, 1.54) is 0 Å². The Bertz CT molecular complexity index is 856. The smallest absolute Gasteiger partial charge is 0.258 e. The summed E-state index contributed by atoms with van der Waals surface area (Å²) >= 11 is 0. The van der Waals surface area contributed by atoms with Crippen molar-refractivity contribution >= 4 is 21.4 Å². The normalized spacial score (nSPS) is 11.3. The lowest BCUT2D eigenvalue weighted by Crippen LogP contribution is -2.15. The molecule has 0 aliphatic carbocycles. The molecule has 0 aromatic heterocycles. The minimum atomic E-state index is -3.62. The highest BCUT2D eigenvalue weighted by molar-refractivity contribution is 7.90. The first-order chi connectivity index (χ1) is 10.2. The monoisotopic (exact) mass is 331 g/mol. The van der Waals surface area contributed by atoms with Gasteiger partial charge >= 0.3 is 0 Å². The van der Waals surface area contributed by atoms with Crippen LogP contribution in [0.1, 0.15) is 11.8 Å². The second-order valence-electron chi connectivity index (χ2n) is 4.50. The molecule has 2 aromatic rings. The van der Waals surface area contributed by atoms with Crippen molar-refractivity contribution in [1.29, 1.82) is 0 Å². The summed E-state index contributed by atoms with van der Waals surface area (Å²) in [5.41, 5.74) is -0.610. The van der Waals surface area contributed by atoms with E-state index < -0.39 is 38.8 Å². The predicted molar refractivity (Wildman–Crippen MR) is 75.9 cm³/mol. The summed E-state index contributed by atoms with van der Waals surface area (Å²) in [5, 5.41) is 2.17. The Labute approximate surface area is 126 Å². The standard InChI is InChI=1S/C14H10F3NO3S.H2/c1-22(20,21)9-3-5-11(15)10(7-9)14(19)18-8-2-4-12(16)13(17)6-8;/h2-7H,1H3,(H,18,19);1H. The first-order valence-corrected chi connectivity index (χ1v) is 7.83. The molecule has 0 atom stereocenters. The third-order valence-electron chi connectivity index (χ3n) is 2.79. The second kappa shape index (κ2) is 5.80. The number of rotatable bonds is 3. The van der Waals surface area contributed by atoms with E-state index in [0.29, 0.717) is 0 Å². The molecule has 0 saturated carbocycles. The highest BCUT2D eigenvalue weighted by atomic mass is 32.2. The van der Waals surface area contributed by atoms with Crippen molar-refractivity contribution in [3.05, 3.63) is 59.4 Å². The molecule has 0 radical (unpaired) electrons. The zero-order valence-corrected chi connectivity index (χ0v) is 12.0. The summed E-state index contributed by atoms with van der Waals surface area (Å²) in [7, 11) is -3.62. The summed E-state index contributed by atoms with van der Waals surface area (Å²) < 4.78 is 62.3. The number of hydrogen-bond acceptors (Lipinski definition) is 3. The molecule has 0 unspecified atom stereocenters. The molecule has 1 N–H and O–H groups in total. The Hall–Kier alpha value is -2.35. The predicted octanol–water partition coefficient (Wildman–Crippen LogP) is 3.01. The lowest BCUT2D eigenvalue weighted by molar-refractivity contribution is 0.102. The van der Waals surface area contributed by atoms with E-state index in [9.17, 15) is 26.4 Å². The van der Waals surface area contributed by atoms with Gasteiger partial charge in [-0.1, -0.05) is 0 Å². The number of carbonyl (C=O) groups excluding carboxylic acids is 1. The van der Waals surface area contributed by atoms with Crippen molar-refractivity contribution in [2.45, 2.75) is 4.90 Å². The largest absolute Gasteiger partial charge is 0.322 e. The van der Waals surface area contributed by atoms with Crippen molar-refractivity contribution in [3.8, 4) is 0 Å². The summed E-state index contributed by atoms with van der Waals surface area (Å²) in [4.78, 5) is 11.7. The van der Waals surface area contributed by atoms with Crippen molar-refractivity contribution < 1.29 is 27.8 Å². The molecule has 0 aliphatic rings. The zero-order chi connectivity index (χ0) is 16.5. The average Bonchev–Trinajstić information content (AvgIpc) is 2.42. The van der Waals surface area contributed by atoms with Gasteiger partial charge in [-0.05, 0) is 30.3 Å². The Morgan fingerprint density at radius 3 is 2.23 bits per heavy atom. The van der Waals surface area contributed by atoms with Gasteiger partial charge in [-0.2, -0.15) is 0 Å². The number of anilines is 1. The Balaban J connectivity index is 0.00000264. The lowest BCUT2D eigenvalue weighted by Gasteiger charge is -2.08. The Kier molecular flexibility index (Phi) is 4.23. The van der Waals surface area contributed by atoms with E-state index in [4.69, 9.17) is 0 Å². The number of sulfone groups is 1. The molecule has 0 bridgehead atoms. The number of carbonyl (C=O) groups is 1. The summed E-state index contributed by atoms with van der Waals surface area (Å²) in [6.45, 7) is 0. The third kappa shape index (κ3) is 3.45. The Morgan fingerprint density at radius 2 is 1.64 bits per heavy atom. The minimum Gasteiger partial charge on any atom is -0.322 e. The SMILES string of the molecule is CS(=O)(=O)c1ccc(F)c(C(=O)Nc2ccc(F)c(F)c2)c1.[HH]. The first-order valence-electron chi connectivity index (χ1n) is 5.94. The maximum atomic E-state index is 13.7. The van der Waals surface area contributed by atoms with Gasteiger partial charge in [0.05, 0.1) is 10.5 Å². The second-order valence-corrected chi connectivity index (χ2v) is 6.51. The molecule has 2 rings (SSSR count). The lowest BCUT2D eigenvalue weighted by atomic mass is 10.2. The van der Waals surface area contributed by atoms with Gasteiger partial charge in [0.25, 0.3) is 5.91 Å². The fourth-order valence-electron chi connectivity index (χ4n) is 1.68. The molecule has 2 aromatic carbocycles. The summed E-state index contributed by atoms with van der Waals surface area (Å²) in [6, 6.07) is 5.36. The van der Waals surface area contributed by atoms with Gasteiger partial charge in [-0.3, -0.25) is 4.79 Å². The molecule has 0 spiro atoms. The van der Waals surface area contributed by atoms with Crippen LogP contribution in [0.4, 0.5) is 18.9 Å². The van der Waals surface area contributed by atoms with Gasteiger partial charge in [-0.25, -0.2) is 21.6 Å². The van der Waals surface area contributed by atoms with Gasteiger partial charge in [0.15, 0.2) is 21.5 Å².